The van der Waals surface area contributed by atoms with E-state index in [1.54, 1.807) is 31.4 Å². The third-order valence-corrected chi connectivity index (χ3v) is 6.25. The Labute approximate surface area is 198 Å². The molecular weight excluding hydrogens is 462 g/mol. The normalized spacial score (nSPS) is 11.8. The van der Waals surface area contributed by atoms with Crippen molar-refractivity contribution in [1.29, 1.82) is 0 Å². The van der Waals surface area contributed by atoms with Crippen LogP contribution in [0.3, 0.4) is 0 Å². The smallest absolute Gasteiger partial charge is 0.357 e. The van der Waals surface area contributed by atoms with E-state index in [-0.39, 0.29) is 31.5 Å². The monoisotopic (exact) mass is 491 g/mol. The Morgan fingerprint density at radius 2 is 1.88 bits per heavy atom. The van der Waals surface area contributed by atoms with Crippen molar-refractivity contribution in [3.8, 4) is 5.75 Å². The van der Waals surface area contributed by atoms with Crippen LogP contribution < -0.4 is 14.8 Å². The molecule has 3 aromatic rings. The highest BCUT2D eigenvalue weighted by atomic mass is 32.2. The minimum Gasteiger partial charge on any atom is -0.496 e. The van der Waals surface area contributed by atoms with Gasteiger partial charge in [-0.25, -0.2) is 4.98 Å². The summed E-state index contributed by atoms with van der Waals surface area (Å²) < 4.78 is 38.2. The van der Waals surface area contributed by atoms with Crippen LogP contribution >= 0.6 is 11.3 Å². The highest BCUT2D eigenvalue weighted by Gasteiger charge is 2.20. The SMILES string of the molecule is C.CCc1csc([C@H](Cc2ccc(NS(=O)(=O)O)cc2)NC(=O)Cc2ccccc2OC)n1. The maximum absolute atomic E-state index is 12.8. The lowest BCUT2D eigenvalue weighted by atomic mass is 10.0. The van der Waals surface area contributed by atoms with Gasteiger partial charge >= 0.3 is 10.3 Å². The molecule has 0 radical (unpaired) electrons. The molecule has 0 saturated carbocycles. The summed E-state index contributed by atoms with van der Waals surface area (Å²) in [6.07, 6.45) is 1.44. The number of hydrogen-bond donors (Lipinski definition) is 3. The van der Waals surface area contributed by atoms with Gasteiger partial charge in [0.1, 0.15) is 10.8 Å². The molecule has 3 N–H and O–H groups in total. The molecule has 10 heteroatoms. The van der Waals surface area contributed by atoms with Crippen LogP contribution in [-0.2, 0) is 34.4 Å². The fraction of sp³-hybridized carbons (Fsp3) is 0.304. The van der Waals surface area contributed by atoms with E-state index < -0.39 is 10.3 Å². The summed E-state index contributed by atoms with van der Waals surface area (Å²) in [7, 11) is -2.76. The number of thiazole rings is 1. The molecule has 178 valence electrons. The predicted molar refractivity (Wildman–Crippen MR) is 131 cm³/mol. The molecule has 0 saturated heterocycles. The Hall–Kier alpha value is -2.95. The van der Waals surface area contributed by atoms with Crippen molar-refractivity contribution < 1.29 is 22.5 Å². The number of anilines is 1. The van der Waals surface area contributed by atoms with E-state index in [2.05, 4.69) is 10.3 Å². The van der Waals surface area contributed by atoms with E-state index in [1.807, 2.05) is 41.3 Å². The molecule has 3 rings (SSSR count). The van der Waals surface area contributed by atoms with Crippen LogP contribution in [0.4, 0.5) is 5.69 Å². The lowest BCUT2D eigenvalue weighted by molar-refractivity contribution is -0.121. The van der Waals surface area contributed by atoms with Gasteiger partial charge in [0, 0.05) is 10.9 Å². The average Bonchev–Trinajstić information content (AvgIpc) is 3.23. The molecule has 1 heterocycles. The first kappa shape index (κ1) is 26.3. The second-order valence-corrected chi connectivity index (χ2v) is 9.16. The highest BCUT2D eigenvalue weighted by Crippen LogP contribution is 2.25. The molecule has 0 aliphatic carbocycles. The predicted octanol–water partition coefficient (Wildman–Crippen LogP) is 4.21. The van der Waals surface area contributed by atoms with Crippen molar-refractivity contribution >= 4 is 33.2 Å². The van der Waals surface area contributed by atoms with Gasteiger partial charge in [0.15, 0.2) is 0 Å². The van der Waals surface area contributed by atoms with Gasteiger partial charge in [-0.2, -0.15) is 8.42 Å². The molecule has 0 unspecified atom stereocenters. The van der Waals surface area contributed by atoms with E-state index in [9.17, 15) is 13.2 Å². The number of nitrogens with one attached hydrogen (secondary N) is 2. The third kappa shape index (κ3) is 7.85. The number of nitrogens with zero attached hydrogens (tertiary/aromatic N) is 1. The first-order valence-corrected chi connectivity index (χ1v) is 12.3. The molecule has 2 aromatic carbocycles. The van der Waals surface area contributed by atoms with Gasteiger partial charge in [-0.1, -0.05) is 44.7 Å². The van der Waals surface area contributed by atoms with Gasteiger partial charge in [0.05, 0.1) is 31.0 Å². The number of rotatable bonds is 10. The number of carbonyl (C=O) groups is 1. The van der Waals surface area contributed by atoms with Crippen LogP contribution in [0.1, 0.15) is 42.2 Å². The number of aromatic nitrogens is 1. The van der Waals surface area contributed by atoms with Crippen LogP contribution in [0.5, 0.6) is 5.75 Å². The van der Waals surface area contributed by atoms with Crippen LogP contribution in [0, 0.1) is 0 Å². The zero-order chi connectivity index (χ0) is 23.1. The maximum atomic E-state index is 12.8. The average molecular weight is 492 g/mol. The van der Waals surface area contributed by atoms with Gasteiger partial charge in [-0.3, -0.25) is 14.1 Å². The lowest BCUT2D eigenvalue weighted by Crippen LogP contribution is -2.31. The van der Waals surface area contributed by atoms with Gasteiger partial charge < -0.3 is 10.1 Å². The topological polar surface area (TPSA) is 118 Å². The van der Waals surface area contributed by atoms with E-state index >= 15 is 0 Å². The number of amides is 1. The molecular formula is C23H29N3O5S2. The first-order valence-electron chi connectivity index (χ1n) is 9.97. The second-order valence-electron chi connectivity index (χ2n) is 7.12. The third-order valence-electron chi connectivity index (χ3n) is 4.75. The summed E-state index contributed by atoms with van der Waals surface area (Å²) in [5, 5.41) is 5.86. The quantitative estimate of drug-likeness (QED) is 0.366. The van der Waals surface area contributed by atoms with Gasteiger partial charge in [-0.05, 0) is 36.6 Å². The molecule has 1 amide bonds. The van der Waals surface area contributed by atoms with Crippen molar-refractivity contribution in [3.63, 3.8) is 0 Å². The number of para-hydroxylation sites is 1. The Morgan fingerprint density at radius 1 is 1.18 bits per heavy atom. The van der Waals surface area contributed by atoms with E-state index in [4.69, 9.17) is 9.29 Å². The summed E-state index contributed by atoms with van der Waals surface area (Å²) in [5.74, 6) is 0.501. The largest absolute Gasteiger partial charge is 0.496 e. The van der Waals surface area contributed by atoms with Gasteiger partial charge in [0.2, 0.25) is 5.91 Å². The summed E-state index contributed by atoms with van der Waals surface area (Å²) in [4.78, 5) is 17.5. The van der Waals surface area contributed by atoms with Crippen molar-refractivity contribution in [3.05, 3.63) is 75.7 Å². The van der Waals surface area contributed by atoms with Crippen LogP contribution in [0.25, 0.3) is 0 Å². The second kappa shape index (κ2) is 11.8. The zero-order valence-corrected chi connectivity index (χ0v) is 19.4. The number of carbonyl (C=O) groups excluding carboxylic acids is 1. The first-order chi connectivity index (χ1) is 15.3. The van der Waals surface area contributed by atoms with E-state index in [0.29, 0.717) is 12.2 Å². The number of hydrogen-bond acceptors (Lipinski definition) is 6. The van der Waals surface area contributed by atoms with Crippen LogP contribution in [-0.4, -0.2) is 31.0 Å². The van der Waals surface area contributed by atoms with E-state index in [1.165, 1.54) is 11.3 Å². The molecule has 1 atom stereocenters. The number of methoxy groups -OCH3 is 1. The molecule has 8 nitrogen and oxygen atoms in total. The molecule has 33 heavy (non-hydrogen) atoms. The summed E-state index contributed by atoms with van der Waals surface area (Å²) in [5.41, 5.74) is 2.87. The molecule has 0 spiro atoms. The summed E-state index contributed by atoms with van der Waals surface area (Å²) >= 11 is 1.49. The Morgan fingerprint density at radius 3 is 2.48 bits per heavy atom. The number of aryl methyl sites for hydroxylation is 1. The number of ether oxygens (including phenoxy) is 1. The summed E-state index contributed by atoms with van der Waals surface area (Å²) in [6.45, 7) is 2.02. The Bertz CT molecular complexity index is 1160. The van der Waals surface area contributed by atoms with Crippen molar-refractivity contribution in [2.45, 2.75) is 39.7 Å². The minimum absolute atomic E-state index is 0. The van der Waals surface area contributed by atoms with Crippen molar-refractivity contribution in [2.24, 2.45) is 0 Å². The standard InChI is InChI=1S/C22H25N3O5S2.CH4/c1-3-17-14-31-22(23-17)19(12-15-8-10-18(11-9-15)25-32(27,28)29)24-21(26)13-16-6-4-5-7-20(16)30-2;/h4-11,14,19,25H,3,12-13H2,1-2H3,(H,24,26)(H,27,28,29);1H4/t19-;/m0./s1. The lowest BCUT2D eigenvalue weighted by Gasteiger charge is -2.18. The fourth-order valence-electron chi connectivity index (χ4n) is 3.21. The summed E-state index contributed by atoms with van der Waals surface area (Å²) in [6, 6.07) is 13.6. The van der Waals surface area contributed by atoms with Crippen LogP contribution in [0.2, 0.25) is 0 Å². The molecule has 1 aromatic heterocycles. The van der Waals surface area contributed by atoms with Crippen LogP contribution in [0.15, 0.2) is 53.9 Å². The molecule has 0 aliphatic heterocycles. The van der Waals surface area contributed by atoms with Crippen molar-refractivity contribution in [2.75, 3.05) is 11.8 Å². The zero-order valence-electron chi connectivity index (χ0n) is 17.7. The number of benzene rings is 2. The highest BCUT2D eigenvalue weighted by molar-refractivity contribution is 7.87. The fourth-order valence-corrected chi connectivity index (χ4v) is 4.59. The Balaban J connectivity index is 0.00000385. The molecule has 0 bridgehead atoms. The minimum atomic E-state index is -4.33. The Kier molecular flexibility index (Phi) is 9.39. The maximum Gasteiger partial charge on any atom is 0.357 e. The molecule has 0 fully saturated rings. The van der Waals surface area contributed by atoms with Crippen molar-refractivity contribution in [1.82, 2.24) is 10.3 Å². The van der Waals surface area contributed by atoms with Gasteiger partial charge in [-0.15, -0.1) is 11.3 Å². The van der Waals surface area contributed by atoms with Gasteiger partial charge in [0.25, 0.3) is 0 Å². The van der Waals surface area contributed by atoms with E-state index in [0.717, 1.165) is 28.2 Å². The molecule has 0 aliphatic rings.